The lowest BCUT2D eigenvalue weighted by atomic mass is 10.1. The molecule has 2 aromatic rings. The summed E-state index contributed by atoms with van der Waals surface area (Å²) in [4.78, 5) is 16.1. The number of nitrogens with one attached hydrogen (secondary N) is 1. The molecule has 0 radical (unpaired) electrons. The number of hydrogen-bond acceptors (Lipinski definition) is 2. The van der Waals surface area contributed by atoms with Crippen LogP contribution in [0.3, 0.4) is 0 Å². The highest BCUT2D eigenvalue weighted by molar-refractivity contribution is 9.10. The number of nitrogens with zero attached hydrogens (tertiary/aromatic N) is 1. The van der Waals surface area contributed by atoms with Gasteiger partial charge >= 0.3 is 0 Å². The van der Waals surface area contributed by atoms with Gasteiger partial charge in [-0.15, -0.1) is 0 Å². The fourth-order valence-corrected chi connectivity index (χ4v) is 1.88. The van der Waals surface area contributed by atoms with E-state index in [4.69, 9.17) is 11.6 Å². The van der Waals surface area contributed by atoms with Crippen molar-refractivity contribution in [1.82, 2.24) is 4.98 Å². The monoisotopic (exact) mass is 324 g/mol. The van der Waals surface area contributed by atoms with E-state index in [-0.39, 0.29) is 5.91 Å². The normalized spacial score (nSPS) is 10.2. The highest BCUT2D eigenvalue weighted by Gasteiger charge is 2.11. The molecule has 0 saturated carbocycles. The van der Waals surface area contributed by atoms with Crippen molar-refractivity contribution in [2.45, 2.75) is 6.92 Å². The Morgan fingerprint density at radius 3 is 2.78 bits per heavy atom. The first kappa shape index (κ1) is 13.1. The van der Waals surface area contributed by atoms with Crippen LogP contribution < -0.4 is 5.32 Å². The zero-order valence-electron chi connectivity index (χ0n) is 9.58. The summed E-state index contributed by atoms with van der Waals surface area (Å²) in [7, 11) is 0. The average molecular weight is 326 g/mol. The van der Waals surface area contributed by atoms with Crippen LogP contribution >= 0.6 is 27.5 Å². The van der Waals surface area contributed by atoms with E-state index in [1.165, 1.54) is 0 Å². The van der Waals surface area contributed by atoms with E-state index in [0.717, 1.165) is 10.0 Å². The van der Waals surface area contributed by atoms with Crippen molar-refractivity contribution in [2.24, 2.45) is 0 Å². The summed E-state index contributed by atoms with van der Waals surface area (Å²) < 4.78 is 0.856. The Bertz CT molecular complexity index is 584. The number of anilines is 1. The highest BCUT2D eigenvalue weighted by Crippen LogP contribution is 2.19. The molecule has 0 unspecified atom stereocenters. The molecule has 0 aliphatic carbocycles. The maximum absolute atomic E-state index is 12.0. The molecule has 1 heterocycles. The van der Waals surface area contributed by atoms with Crippen LogP contribution in [0.4, 0.5) is 5.82 Å². The van der Waals surface area contributed by atoms with Crippen molar-refractivity contribution in [3.05, 3.63) is 57.2 Å². The Hall–Kier alpha value is -1.39. The number of amides is 1. The van der Waals surface area contributed by atoms with Crippen LogP contribution in [-0.4, -0.2) is 10.9 Å². The van der Waals surface area contributed by atoms with Crippen LogP contribution in [0.25, 0.3) is 0 Å². The second kappa shape index (κ2) is 5.50. The van der Waals surface area contributed by atoms with Gasteiger partial charge in [-0.25, -0.2) is 4.98 Å². The third-order valence-electron chi connectivity index (χ3n) is 2.34. The molecule has 0 spiro atoms. The van der Waals surface area contributed by atoms with Crippen LogP contribution in [-0.2, 0) is 0 Å². The number of halogens is 2. The zero-order valence-corrected chi connectivity index (χ0v) is 11.9. The van der Waals surface area contributed by atoms with Gasteiger partial charge in [-0.3, -0.25) is 4.79 Å². The summed E-state index contributed by atoms with van der Waals surface area (Å²) in [6.07, 6.45) is 1.62. The van der Waals surface area contributed by atoms with Gasteiger partial charge in [0.2, 0.25) is 0 Å². The quantitative estimate of drug-likeness (QED) is 0.905. The predicted molar refractivity (Wildman–Crippen MR) is 76.1 cm³/mol. The summed E-state index contributed by atoms with van der Waals surface area (Å²) in [5, 5.41) is 3.12. The minimum Gasteiger partial charge on any atom is -0.307 e. The van der Waals surface area contributed by atoms with Gasteiger partial charge in [0.15, 0.2) is 0 Å². The fraction of sp³-hybridized carbons (Fsp3) is 0.0769. The summed E-state index contributed by atoms with van der Waals surface area (Å²) in [5.41, 5.74) is 1.43. The second-order valence-corrected chi connectivity index (χ2v) is 5.12. The minimum atomic E-state index is -0.265. The number of hydrogen-bond donors (Lipinski definition) is 1. The van der Waals surface area contributed by atoms with E-state index >= 15 is 0 Å². The van der Waals surface area contributed by atoms with Crippen molar-refractivity contribution < 1.29 is 4.79 Å². The second-order valence-electron chi connectivity index (χ2n) is 3.80. The number of pyridine rings is 1. The Kier molecular flexibility index (Phi) is 3.99. The molecule has 1 amide bonds. The number of aryl methyl sites for hydroxylation is 1. The van der Waals surface area contributed by atoms with Crippen LogP contribution in [0.2, 0.25) is 5.02 Å². The number of rotatable bonds is 2. The first-order valence-electron chi connectivity index (χ1n) is 5.25. The first-order chi connectivity index (χ1) is 8.56. The van der Waals surface area contributed by atoms with Gasteiger partial charge in [-0.2, -0.15) is 0 Å². The maximum atomic E-state index is 12.0. The van der Waals surface area contributed by atoms with E-state index < -0.39 is 0 Å². The van der Waals surface area contributed by atoms with E-state index in [1.807, 2.05) is 13.0 Å². The van der Waals surface area contributed by atoms with E-state index in [2.05, 4.69) is 26.2 Å². The maximum Gasteiger partial charge on any atom is 0.258 e. The van der Waals surface area contributed by atoms with Crippen molar-refractivity contribution in [1.29, 1.82) is 0 Å². The molecule has 0 aliphatic rings. The van der Waals surface area contributed by atoms with Crippen LogP contribution in [0, 0.1) is 6.92 Å². The number of aromatic nitrogens is 1. The Morgan fingerprint density at radius 2 is 2.11 bits per heavy atom. The van der Waals surface area contributed by atoms with Crippen molar-refractivity contribution in [2.75, 3.05) is 5.32 Å². The highest BCUT2D eigenvalue weighted by atomic mass is 79.9. The van der Waals surface area contributed by atoms with Gasteiger partial charge in [0.05, 0.1) is 10.6 Å². The fourth-order valence-electron chi connectivity index (χ4n) is 1.45. The van der Waals surface area contributed by atoms with Crippen molar-refractivity contribution >= 4 is 39.3 Å². The molecule has 92 valence electrons. The van der Waals surface area contributed by atoms with Crippen LogP contribution in [0.15, 0.2) is 41.0 Å². The molecule has 1 aromatic carbocycles. The molecule has 0 atom stereocenters. The topological polar surface area (TPSA) is 42.0 Å². The summed E-state index contributed by atoms with van der Waals surface area (Å²) in [5.74, 6) is 0.222. The molecule has 5 heteroatoms. The largest absolute Gasteiger partial charge is 0.307 e. The molecule has 0 fully saturated rings. The zero-order chi connectivity index (χ0) is 13.1. The number of benzene rings is 1. The first-order valence-corrected chi connectivity index (χ1v) is 6.42. The molecule has 0 saturated heterocycles. The molecule has 1 N–H and O–H groups in total. The number of carbonyl (C=O) groups excluding carboxylic acids is 1. The lowest BCUT2D eigenvalue weighted by Crippen LogP contribution is -2.13. The number of carbonyl (C=O) groups is 1. The molecule has 2 rings (SSSR count). The van der Waals surface area contributed by atoms with E-state index in [1.54, 1.807) is 30.5 Å². The molecule has 18 heavy (non-hydrogen) atoms. The summed E-state index contributed by atoms with van der Waals surface area (Å²) >= 11 is 9.28. The SMILES string of the molecule is Cc1ccc(Cl)c(C(=O)Nc2ccc(Br)cn2)c1. The minimum absolute atomic E-state index is 0.265. The molecule has 3 nitrogen and oxygen atoms in total. The van der Waals surface area contributed by atoms with Gasteiger partial charge in [-0.1, -0.05) is 23.2 Å². The smallest absolute Gasteiger partial charge is 0.258 e. The standard InChI is InChI=1S/C13H10BrClN2O/c1-8-2-4-11(15)10(6-8)13(18)17-12-5-3-9(14)7-16-12/h2-7H,1H3,(H,16,17,18). The molecule has 1 aromatic heterocycles. The van der Waals surface area contributed by atoms with Crippen LogP contribution in [0.5, 0.6) is 0 Å². The molecular formula is C13H10BrClN2O. The van der Waals surface area contributed by atoms with E-state index in [9.17, 15) is 4.79 Å². The Balaban J connectivity index is 2.21. The summed E-state index contributed by atoms with van der Waals surface area (Å²) in [6, 6.07) is 8.83. The lowest BCUT2D eigenvalue weighted by Gasteiger charge is -2.06. The third kappa shape index (κ3) is 3.09. The molecule has 0 bridgehead atoms. The third-order valence-corrected chi connectivity index (χ3v) is 3.13. The lowest BCUT2D eigenvalue weighted by molar-refractivity contribution is 0.102. The van der Waals surface area contributed by atoms with Gasteiger partial charge in [0.25, 0.3) is 5.91 Å². The average Bonchev–Trinajstić information content (AvgIpc) is 2.35. The van der Waals surface area contributed by atoms with Gasteiger partial charge < -0.3 is 5.32 Å². The Morgan fingerprint density at radius 1 is 1.33 bits per heavy atom. The van der Waals surface area contributed by atoms with E-state index in [0.29, 0.717) is 16.4 Å². The molecular weight excluding hydrogens is 316 g/mol. The van der Waals surface area contributed by atoms with Gasteiger partial charge in [-0.05, 0) is 47.1 Å². The van der Waals surface area contributed by atoms with Gasteiger partial charge in [0.1, 0.15) is 5.82 Å². The molecule has 0 aliphatic heterocycles. The van der Waals surface area contributed by atoms with Crippen molar-refractivity contribution in [3.63, 3.8) is 0 Å². The Labute approximate surface area is 118 Å². The summed E-state index contributed by atoms with van der Waals surface area (Å²) in [6.45, 7) is 1.91. The van der Waals surface area contributed by atoms with Crippen LogP contribution in [0.1, 0.15) is 15.9 Å². The van der Waals surface area contributed by atoms with Crippen molar-refractivity contribution in [3.8, 4) is 0 Å². The predicted octanol–water partition coefficient (Wildman–Crippen LogP) is 4.06. The van der Waals surface area contributed by atoms with Gasteiger partial charge in [0, 0.05) is 10.7 Å².